The summed E-state index contributed by atoms with van der Waals surface area (Å²) in [7, 11) is 0. The number of rotatable bonds is 3. The third-order valence-electron chi connectivity index (χ3n) is 4.84. The lowest BCUT2D eigenvalue weighted by Gasteiger charge is -2.07. The fourth-order valence-corrected chi connectivity index (χ4v) is 3.54. The summed E-state index contributed by atoms with van der Waals surface area (Å²) in [6, 6.07) is 35.6. The highest BCUT2D eigenvalue weighted by Crippen LogP contribution is 2.31. The Morgan fingerprint density at radius 1 is 0.593 bits per heavy atom. The van der Waals surface area contributed by atoms with E-state index in [9.17, 15) is 0 Å². The summed E-state index contributed by atoms with van der Waals surface area (Å²) in [6.45, 7) is 0. The van der Waals surface area contributed by atoms with E-state index >= 15 is 0 Å². The number of hydrogen-bond acceptors (Lipinski definition) is 1. The van der Waals surface area contributed by atoms with Gasteiger partial charge in [0.25, 0.3) is 0 Å². The molecule has 0 spiro atoms. The summed E-state index contributed by atoms with van der Waals surface area (Å²) in [4.78, 5) is 5.04. The molecule has 0 N–H and O–H groups in total. The van der Waals surface area contributed by atoms with Crippen molar-refractivity contribution in [1.82, 2.24) is 9.55 Å². The van der Waals surface area contributed by atoms with E-state index in [1.54, 1.807) is 0 Å². The second kappa shape index (κ2) is 6.58. The van der Waals surface area contributed by atoms with Gasteiger partial charge < -0.3 is 0 Å². The van der Waals surface area contributed by atoms with Crippen LogP contribution in [0.3, 0.4) is 0 Å². The second-order valence-electron chi connectivity index (χ2n) is 6.55. The van der Waals surface area contributed by atoms with Crippen LogP contribution in [-0.2, 0) is 0 Å². The van der Waals surface area contributed by atoms with Gasteiger partial charge in [0.15, 0.2) is 0 Å². The molecule has 0 unspecified atom stereocenters. The summed E-state index contributed by atoms with van der Waals surface area (Å²) < 4.78 is 2.17. The summed E-state index contributed by atoms with van der Waals surface area (Å²) in [5.74, 6) is 0.949. The van der Waals surface area contributed by atoms with Gasteiger partial charge >= 0.3 is 0 Å². The molecule has 5 aromatic rings. The monoisotopic (exact) mass is 346 g/mol. The van der Waals surface area contributed by atoms with Crippen LogP contribution < -0.4 is 0 Å². The molecule has 1 aromatic heterocycles. The van der Waals surface area contributed by atoms with Gasteiger partial charge in [-0.3, -0.25) is 4.57 Å². The molecule has 0 saturated carbocycles. The number of nitrogens with zero attached hydrogens (tertiary/aromatic N) is 2. The largest absolute Gasteiger partial charge is 0.299 e. The Morgan fingerprint density at radius 3 is 2.07 bits per heavy atom. The molecule has 0 atom stereocenters. The number of fused-ring (bicyclic) bond motifs is 1. The van der Waals surface area contributed by atoms with Crippen LogP contribution in [0.15, 0.2) is 109 Å². The molecule has 0 aliphatic heterocycles. The zero-order chi connectivity index (χ0) is 18.1. The van der Waals surface area contributed by atoms with Gasteiger partial charge in [-0.15, -0.1) is 0 Å². The Bertz CT molecular complexity index is 1140. The summed E-state index contributed by atoms with van der Waals surface area (Å²) in [5, 5.41) is 2.45. The zero-order valence-electron chi connectivity index (χ0n) is 14.8. The number of aromatic nitrogens is 2. The van der Waals surface area contributed by atoms with Gasteiger partial charge in [-0.05, 0) is 22.9 Å². The molecule has 5 rings (SSSR count). The summed E-state index contributed by atoms with van der Waals surface area (Å²) >= 11 is 0. The van der Waals surface area contributed by atoms with E-state index in [0.29, 0.717) is 0 Å². The SMILES string of the molecule is c1ccc(-c2nc(-c3cccc4ccccc34)cn2-c2ccccc2)cc1. The molecule has 2 nitrogen and oxygen atoms in total. The molecule has 0 amide bonds. The highest BCUT2D eigenvalue weighted by molar-refractivity contribution is 5.96. The highest BCUT2D eigenvalue weighted by atomic mass is 15.1. The lowest BCUT2D eigenvalue weighted by molar-refractivity contribution is 1.07. The first-order valence-corrected chi connectivity index (χ1v) is 9.08. The minimum Gasteiger partial charge on any atom is -0.299 e. The molecule has 0 saturated heterocycles. The molecule has 1 heterocycles. The van der Waals surface area contributed by atoms with Gasteiger partial charge in [0.1, 0.15) is 5.82 Å². The Balaban J connectivity index is 1.76. The van der Waals surface area contributed by atoms with Crippen molar-refractivity contribution in [3.8, 4) is 28.3 Å². The number of hydrogen-bond donors (Lipinski definition) is 0. The topological polar surface area (TPSA) is 17.8 Å². The van der Waals surface area contributed by atoms with E-state index < -0.39 is 0 Å². The van der Waals surface area contributed by atoms with E-state index in [2.05, 4.69) is 102 Å². The van der Waals surface area contributed by atoms with E-state index in [-0.39, 0.29) is 0 Å². The van der Waals surface area contributed by atoms with Gasteiger partial charge in [-0.1, -0.05) is 91.0 Å². The zero-order valence-corrected chi connectivity index (χ0v) is 14.8. The molecule has 0 aliphatic carbocycles. The van der Waals surface area contributed by atoms with Crippen molar-refractivity contribution in [1.29, 1.82) is 0 Å². The van der Waals surface area contributed by atoms with Crippen molar-refractivity contribution in [2.24, 2.45) is 0 Å². The van der Waals surface area contributed by atoms with Crippen LogP contribution in [0.25, 0.3) is 39.1 Å². The van der Waals surface area contributed by atoms with Crippen molar-refractivity contribution >= 4 is 10.8 Å². The van der Waals surface area contributed by atoms with Crippen LogP contribution in [0, 0.1) is 0 Å². The first kappa shape index (κ1) is 15.6. The predicted molar refractivity (Wildman–Crippen MR) is 112 cm³/mol. The number of imidazole rings is 1. The second-order valence-corrected chi connectivity index (χ2v) is 6.55. The molecule has 27 heavy (non-hydrogen) atoms. The van der Waals surface area contributed by atoms with E-state index in [1.807, 2.05) is 12.1 Å². The van der Waals surface area contributed by atoms with E-state index in [0.717, 1.165) is 28.3 Å². The molecule has 0 bridgehead atoms. The maximum absolute atomic E-state index is 5.04. The van der Waals surface area contributed by atoms with Gasteiger partial charge in [0, 0.05) is 23.0 Å². The summed E-state index contributed by atoms with van der Waals surface area (Å²) in [5.41, 5.74) is 4.35. The molecule has 0 radical (unpaired) electrons. The lowest BCUT2D eigenvalue weighted by Crippen LogP contribution is -1.95. The maximum atomic E-state index is 5.04. The van der Waals surface area contributed by atoms with Gasteiger partial charge in [0.2, 0.25) is 0 Å². The van der Waals surface area contributed by atoms with E-state index in [1.165, 1.54) is 10.8 Å². The van der Waals surface area contributed by atoms with Crippen LogP contribution >= 0.6 is 0 Å². The molecule has 128 valence electrons. The van der Waals surface area contributed by atoms with Crippen molar-refractivity contribution < 1.29 is 0 Å². The van der Waals surface area contributed by atoms with Crippen molar-refractivity contribution in [3.63, 3.8) is 0 Å². The average Bonchev–Trinajstić information content (AvgIpc) is 3.20. The predicted octanol–water partition coefficient (Wildman–Crippen LogP) is 6.36. The van der Waals surface area contributed by atoms with Crippen LogP contribution in [0.4, 0.5) is 0 Å². The standard InChI is InChI=1S/C25H18N2/c1-3-11-20(12-4-1)25-26-24(18-27(25)21-14-5-2-6-15-21)23-17-9-13-19-10-7-8-16-22(19)23/h1-18H. The Morgan fingerprint density at radius 2 is 1.26 bits per heavy atom. The minimum atomic E-state index is 0.949. The van der Waals surface area contributed by atoms with E-state index in [4.69, 9.17) is 4.98 Å². The highest BCUT2D eigenvalue weighted by Gasteiger charge is 2.14. The molecular weight excluding hydrogens is 328 g/mol. The van der Waals surface area contributed by atoms with Gasteiger partial charge in [-0.25, -0.2) is 4.98 Å². The molecule has 0 fully saturated rings. The van der Waals surface area contributed by atoms with Gasteiger partial charge in [0.05, 0.1) is 5.69 Å². The number of para-hydroxylation sites is 1. The van der Waals surface area contributed by atoms with Crippen molar-refractivity contribution in [3.05, 3.63) is 109 Å². The Hall–Kier alpha value is -3.65. The molecule has 4 aromatic carbocycles. The minimum absolute atomic E-state index is 0.949. The normalized spacial score (nSPS) is 11.0. The number of benzene rings is 4. The summed E-state index contributed by atoms with van der Waals surface area (Å²) in [6.07, 6.45) is 2.14. The lowest BCUT2D eigenvalue weighted by atomic mass is 10.0. The van der Waals surface area contributed by atoms with Crippen LogP contribution in [-0.4, -0.2) is 9.55 Å². The third kappa shape index (κ3) is 2.81. The fourth-order valence-electron chi connectivity index (χ4n) is 3.54. The first-order valence-electron chi connectivity index (χ1n) is 9.08. The third-order valence-corrected chi connectivity index (χ3v) is 4.84. The smallest absolute Gasteiger partial charge is 0.145 e. The fraction of sp³-hybridized carbons (Fsp3) is 0. The Kier molecular flexibility index (Phi) is 3.80. The molecule has 2 heteroatoms. The Labute approximate surface area is 158 Å². The van der Waals surface area contributed by atoms with Gasteiger partial charge in [-0.2, -0.15) is 0 Å². The van der Waals surface area contributed by atoms with Crippen LogP contribution in [0.5, 0.6) is 0 Å². The molecule has 0 aliphatic rings. The first-order chi connectivity index (χ1) is 13.4. The quantitative estimate of drug-likeness (QED) is 0.372. The van der Waals surface area contributed by atoms with Crippen LogP contribution in [0.2, 0.25) is 0 Å². The molecular formula is C25H18N2. The van der Waals surface area contributed by atoms with Crippen molar-refractivity contribution in [2.45, 2.75) is 0 Å². The van der Waals surface area contributed by atoms with Crippen LogP contribution in [0.1, 0.15) is 0 Å². The average molecular weight is 346 g/mol. The maximum Gasteiger partial charge on any atom is 0.145 e. The van der Waals surface area contributed by atoms with Crippen molar-refractivity contribution in [2.75, 3.05) is 0 Å².